The first-order valence-corrected chi connectivity index (χ1v) is 14.8. The van der Waals surface area contributed by atoms with Crippen molar-refractivity contribution in [2.45, 2.75) is 39.3 Å². The lowest BCUT2D eigenvalue weighted by molar-refractivity contribution is -0.135. The SMILES string of the molecule is CCCOC(=O)N1CCN(C(=O)[C@@H](NC(=O)c2cc(N3C[C@@H]4C(OC(=O)O)[C@@H]4C3)nc(-c3ccccc3)n2)C(C)C)CC1. The van der Waals surface area contributed by atoms with Crippen LogP contribution in [0.5, 0.6) is 0 Å². The van der Waals surface area contributed by atoms with Crippen molar-refractivity contribution in [3.63, 3.8) is 0 Å². The Morgan fingerprint density at radius 2 is 1.65 bits per heavy atom. The maximum Gasteiger partial charge on any atom is 0.506 e. The van der Waals surface area contributed by atoms with Gasteiger partial charge in [0.2, 0.25) is 5.91 Å². The quantitative estimate of drug-likeness (QED) is 0.414. The van der Waals surface area contributed by atoms with Gasteiger partial charge >= 0.3 is 12.2 Å². The number of anilines is 1. The van der Waals surface area contributed by atoms with E-state index in [0.29, 0.717) is 57.5 Å². The van der Waals surface area contributed by atoms with Crippen molar-refractivity contribution in [1.82, 2.24) is 25.1 Å². The highest BCUT2D eigenvalue weighted by atomic mass is 16.7. The van der Waals surface area contributed by atoms with E-state index >= 15 is 0 Å². The first-order valence-electron chi connectivity index (χ1n) is 14.8. The van der Waals surface area contributed by atoms with Crippen LogP contribution in [0.25, 0.3) is 11.4 Å². The van der Waals surface area contributed by atoms with Crippen LogP contribution in [0.1, 0.15) is 37.7 Å². The highest BCUT2D eigenvalue weighted by Crippen LogP contribution is 2.48. The molecule has 43 heavy (non-hydrogen) atoms. The zero-order chi connectivity index (χ0) is 30.7. The largest absolute Gasteiger partial charge is 0.506 e. The molecule has 1 saturated carbocycles. The molecule has 1 aliphatic carbocycles. The summed E-state index contributed by atoms with van der Waals surface area (Å²) in [5, 5.41) is 11.9. The topological polar surface area (TPSA) is 154 Å². The van der Waals surface area contributed by atoms with Crippen LogP contribution in [-0.4, -0.2) is 107 Å². The smallest absolute Gasteiger partial charge is 0.450 e. The van der Waals surface area contributed by atoms with E-state index in [4.69, 9.17) is 19.6 Å². The molecule has 230 valence electrons. The van der Waals surface area contributed by atoms with Crippen LogP contribution in [0.2, 0.25) is 0 Å². The molecule has 1 aromatic carbocycles. The maximum atomic E-state index is 13.6. The second-order valence-electron chi connectivity index (χ2n) is 11.5. The monoisotopic (exact) mass is 594 g/mol. The minimum atomic E-state index is -1.27. The molecule has 3 fully saturated rings. The van der Waals surface area contributed by atoms with Gasteiger partial charge in [0.1, 0.15) is 23.7 Å². The number of piperidine rings is 1. The molecular formula is C30H38N6O7. The first-order chi connectivity index (χ1) is 20.7. The third-order valence-corrected chi connectivity index (χ3v) is 8.15. The zero-order valence-electron chi connectivity index (χ0n) is 24.6. The van der Waals surface area contributed by atoms with Gasteiger partial charge < -0.3 is 34.6 Å². The van der Waals surface area contributed by atoms with Gasteiger partial charge in [-0.25, -0.2) is 19.6 Å². The summed E-state index contributed by atoms with van der Waals surface area (Å²) in [4.78, 5) is 64.9. The minimum Gasteiger partial charge on any atom is -0.450 e. The van der Waals surface area contributed by atoms with E-state index in [1.807, 2.05) is 56.0 Å². The van der Waals surface area contributed by atoms with E-state index < -0.39 is 18.1 Å². The van der Waals surface area contributed by atoms with E-state index in [0.717, 1.165) is 12.0 Å². The van der Waals surface area contributed by atoms with Crippen molar-refractivity contribution in [3.8, 4) is 11.4 Å². The fraction of sp³-hybridized carbons (Fsp3) is 0.533. The summed E-state index contributed by atoms with van der Waals surface area (Å²) in [5.41, 5.74) is 0.867. The number of hydrogen-bond acceptors (Lipinski definition) is 9. The highest BCUT2D eigenvalue weighted by Gasteiger charge is 2.59. The van der Waals surface area contributed by atoms with Crippen LogP contribution in [0.15, 0.2) is 36.4 Å². The van der Waals surface area contributed by atoms with E-state index in [2.05, 4.69) is 10.3 Å². The average molecular weight is 595 g/mol. The number of piperazine rings is 1. The summed E-state index contributed by atoms with van der Waals surface area (Å²) < 4.78 is 10.2. The van der Waals surface area contributed by atoms with Crippen LogP contribution in [-0.2, 0) is 14.3 Å². The second-order valence-corrected chi connectivity index (χ2v) is 11.5. The van der Waals surface area contributed by atoms with Crippen molar-refractivity contribution in [1.29, 1.82) is 0 Å². The fourth-order valence-corrected chi connectivity index (χ4v) is 5.69. The Bertz CT molecular complexity index is 1340. The van der Waals surface area contributed by atoms with E-state index in [1.165, 1.54) is 0 Å². The van der Waals surface area contributed by atoms with Crippen LogP contribution < -0.4 is 10.2 Å². The number of carboxylic acid groups (broad SMARTS) is 1. The molecule has 3 amide bonds. The van der Waals surface area contributed by atoms with Crippen molar-refractivity contribution >= 4 is 29.9 Å². The summed E-state index contributed by atoms with van der Waals surface area (Å²) in [6, 6.07) is 10.1. The van der Waals surface area contributed by atoms with Gasteiger partial charge in [-0.2, -0.15) is 0 Å². The molecule has 13 heteroatoms. The van der Waals surface area contributed by atoms with E-state index in [-0.39, 0.29) is 41.6 Å². The third-order valence-electron chi connectivity index (χ3n) is 8.15. The molecule has 13 nitrogen and oxygen atoms in total. The molecule has 2 aliphatic heterocycles. The Morgan fingerprint density at radius 1 is 1.00 bits per heavy atom. The Balaban J connectivity index is 1.30. The molecule has 5 rings (SSSR count). The van der Waals surface area contributed by atoms with Crippen LogP contribution in [0.4, 0.5) is 15.4 Å². The molecule has 1 aromatic heterocycles. The molecular weight excluding hydrogens is 556 g/mol. The number of fused-ring (bicyclic) bond motifs is 1. The van der Waals surface area contributed by atoms with Crippen LogP contribution >= 0.6 is 0 Å². The number of ether oxygens (including phenoxy) is 2. The molecule has 2 aromatic rings. The Labute approximate surface area is 250 Å². The standard InChI is InChI=1S/C30H38N6O7/c1-4-14-42-29(39)35-12-10-34(11-13-35)28(38)24(18(2)3)33-27(37)22-15-23(32-26(31-22)19-8-6-5-7-9-19)36-16-20-21(17-36)25(20)43-30(40)41/h5-9,15,18,20-21,24-25H,4,10-14,16-17H2,1-3H3,(H,33,37)(H,40,41)/t20-,21+,24-,25?/m0/s1. The van der Waals surface area contributed by atoms with Gasteiger partial charge in [-0.3, -0.25) is 9.59 Å². The van der Waals surface area contributed by atoms with Crippen molar-refractivity contribution in [3.05, 3.63) is 42.1 Å². The molecule has 3 heterocycles. The van der Waals surface area contributed by atoms with Crippen molar-refractivity contribution < 1.29 is 33.8 Å². The molecule has 2 saturated heterocycles. The number of nitrogens with zero attached hydrogens (tertiary/aromatic N) is 5. The highest BCUT2D eigenvalue weighted by molar-refractivity contribution is 5.97. The molecule has 4 atom stereocenters. The van der Waals surface area contributed by atoms with Crippen LogP contribution in [0, 0.1) is 17.8 Å². The lowest BCUT2D eigenvalue weighted by atomic mass is 10.0. The molecule has 0 bridgehead atoms. The Morgan fingerprint density at radius 3 is 2.26 bits per heavy atom. The minimum absolute atomic E-state index is 0.0837. The third kappa shape index (κ3) is 6.81. The summed E-state index contributed by atoms with van der Waals surface area (Å²) in [6.45, 7) is 8.55. The van der Waals surface area contributed by atoms with Gasteiger partial charge in [0.25, 0.3) is 5.91 Å². The van der Waals surface area contributed by atoms with Gasteiger partial charge in [-0.1, -0.05) is 51.1 Å². The summed E-state index contributed by atoms with van der Waals surface area (Å²) in [5.74, 6) is 0.189. The van der Waals surface area contributed by atoms with E-state index in [1.54, 1.807) is 15.9 Å². The molecule has 1 unspecified atom stereocenters. The number of amides is 3. The lowest BCUT2D eigenvalue weighted by Crippen LogP contribution is -2.57. The molecule has 3 aliphatic rings. The second kappa shape index (κ2) is 12.8. The van der Waals surface area contributed by atoms with Gasteiger partial charge in [0.15, 0.2) is 5.82 Å². The predicted octanol–water partition coefficient (Wildman–Crippen LogP) is 2.72. The number of rotatable bonds is 9. The van der Waals surface area contributed by atoms with Crippen molar-refractivity contribution in [2.75, 3.05) is 50.8 Å². The molecule has 2 N–H and O–H groups in total. The summed E-state index contributed by atoms with van der Waals surface area (Å²) >= 11 is 0. The average Bonchev–Trinajstić information content (AvgIpc) is 3.42. The maximum absolute atomic E-state index is 13.6. The van der Waals surface area contributed by atoms with Gasteiger partial charge in [-0.15, -0.1) is 0 Å². The van der Waals surface area contributed by atoms with Crippen LogP contribution in [0.3, 0.4) is 0 Å². The summed E-state index contributed by atoms with van der Waals surface area (Å²) in [6.07, 6.45) is -1.23. The van der Waals surface area contributed by atoms with Gasteiger partial charge in [0.05, 0.1) is 6.61 Å². The predicted molar refractivity (Wildman–Crippen MR) is 155 cm³/mol. The van der Waals surface area contributed by atoms with E-state index in [9.17, 15) is 19.2 Å². The number of benzene rings is 1. The first kappa shape index (κ1) is 30.1. The Kier molecular flexibility index (Phi) is 8.97. The number of nitrogens with one attached hydrogen (secondary N) is 1. The normalized spacial score (nSPS) is 21.7. The fourth-order valence-electron chi connectivity index (χ4n) is 5.69. The molecule has 0 spiro atoms. The lowest BCUT2D eigenvalue weighted by Gasteiger charge is -2.36. The van der Waals surface area contributed by atoms with Crippen molar-refractivity contribution in [2.24, 2.45) is 17.8 Å². The number of carbonyl (C=O) groups is 4. The zero-order valence-corrected chi connectivity index (χ0v) is 24.6. The number of carbonyl (C=O) groups excluding carboxylic acids is 3. The van der Waals surface area contributed by atoms with Gasteiger partial charge in [0, 0.05) is 62.7 Å². The van der Waals surface area contributed by atoms with Gasteiger partial charge in [-0.05, 0) is 12.3 Å². The number of aromatic nitrogens is 2. The Hall–Kier alpha value is -4.42. The molecule has 0 radical (unpaired) electrons. The summed E-state index contributed by atoms with van der Waals surface area (Å²) in [7, 11) is 0. The number of hydrogen-bond donors (Lipinski definition) is 2.